The number of ether oxygens (including phenoxy) is 1. The van der Waals surface area contributed by atoms with Crippen LogP contribution < -0.4 is 14.2 Å². The van der Waals surface area contributed by atoms with Gasteiger partial charge >= 0.3 is 0 Å². The molecule has 0 unspecified atom stereocenters. The molecule has 2 N–H and O–H groups in total. The van der Waals surface area contributed by atoms with Crippen molar-refractivity contribution in [2.24, 2.45) is 0 Å². The molecule has 0 aliphatic heterocycles. The number of aromatic nitrogens is 1. The summed E-state index contributed by atoms with van der Waals surface area (Å²) in [5, 5.41) is 0. The summed E-state index contributed by atoms with van der Waals surface area (Å²) >= 11 is 0. The van der Waals surface area contributed by atoms with E-state index >= 15 is 0 Å². The topological polar surface area (TPSA) is 114 Å². The fourth-order valence-electron chi connectivity index (χ4n) is 1.42. The van der Waals surface area contributed by atoms with E-state index in [1.807, 2.05) is 0 Å². The van der Waals surface area contributed by atoms with Gasteiger partial charge in [-0.2, -0.15) is 0 Å². The first-order chi connectivity index (χ1) is 9.12. The van der Waals surface area contributed by atoms with Crippen LogP contribution in [0, 0.1) is 0 Å². The third-order valence-electron chi connectivity index (χ3n) is 2.27. The summed E-state index contributed by atoms with van der Waals surface area (Å²) in [5.74, 6) is 0.321. The Hall–Kier alpha value is -1.55. The summed E-state index contributed by atoms with van der Waals surface area (Å²) in [6, 6.07) is 1.35. The molecule has 2 rings (SSSR count). The molecule has 0 bridgehead atoms. The highest BCUT2D eigenvalue weighted by molar-refractivity contribution is 7.92. The van der Waals surface area contributed by atoms with Crippen LogP contribution >= 0.6 is 0 Å². The second kappa shape index (κ2) is 5.09. The van der Waals surface area contributed by atoms with Crippen LogP contribution in [-0.2, 0) is 20.0 Å². The maximum Gasteiger partial charge on any atom is 0.230 e. The van der Waals surface area contributed by atoms with Gasteiger partial charge in [-0.1, -0.05) is 0 Å². The molecule has 0 aromatic carbocycles. The van der Waals surface area contributed by atoms with E-state index in [1.165, 1.54) is 12.3 Å². The van der Waals surface area contributed by atoms with E-state index < -0.39 is 20.0 Å². The lowest BCUT2D eigenvalue weighted by Gasteiger charge is -2.13. The monoisotopic (exact) mass is 321 g/mol. The van der Waals surface area contributed by atoms with Gasteiger partial charge < -0.3 is 4.74 Å². The van der Waals surface area contributed by atoms with Crippen LogP contribution in [0.15, 0.2) is 12.3 Å². The summed E-state index contributed by atoms with van der Waals surface area (Å²) in [6.07, 6.45) is 5.02. The van der Waals surface area contributed by atoms with Crippen LogP contribution in [-0.4, -0.2) is 40.4 Å². The highest BCUT2D eigenvalue weighted by atomic mass is 32.2. The summed E-state index contributed by atoms with van der Waals surface area (Å²) in [6.45, 7) is 0. The first kappa shape index (κ1) is 14.9. The highest BCUT2D eigenvalue weighted by Gasteiger charge is 2.25. The molecule has 1 fully saturated rings. The number of nitrogens with one attached hydrogen (secondary N) is 2. The van der Waals surface area contributed by atoms with Gasteiger partial charge in [0, 0.05) is 6.07 Å². The maximum atomic E-state index is 11.3. The Kier molecular flexibility index (Phi) is 3.78. The number of nitrogens with zero attached hydrogens (tertiary/aromatic N) is 1. The average molecular weight is 321 g/mol. The van der Waals surface area contributed by atoms with Crippen LogP contribution in [0.5, 0.6) is 5.75 Å². The van der Waals surface area contributed by atoms with E-state index in [2.05, 4.69) is 14.4 Å². The van der Waals surface area contributed by atoms with Crippen LogP contribution in [0.3, 0.4) is 0 Å². The number of pyridine rings is 1. The van der Waals surface area contributed by atoms with Gasteiger partial charge in [0.05, 0.1) is 24.8 Å². The van der Waals surface area contributed by atoms with Gasteiger partial charge in [-0.3, -0.25) is 9.44 Å². The molecule has 1 aliphatic rings. The molecule has 10 heteroatoms. The SMILES string of the molecule is CS(=O)(=O)Nc1cc(OC2CC2)c(NS(C)(=O)=O)cn1. The standard InChI is InChI=1S/C10H15N3O5S2/c1-19(14,15)12-8-6-11-10(13-20(2,16)17)5-9(8)18-7-3-4-7/h5-7,12H,3-4H2,1-2H3,(H,11,13). The molecule has 20 heavy (non-hydrogen) atoms. The Balaban J connectivity index is 2.31. The normalized spacial score (nSPS) is 15.7. The Morgan fingerprint density at radius 2 is 1.75 bits per heavy atom. The molecule has 0 radical (unpaired) electrons. The summed E-state index contributed by atoms with van der Waals surface area (Å²) in [7, 11) is -6.93. The Morgan fingerprint density at radius 3 is 2.25 bits per heavy atom. The zero-order chi connectivity index (χ0) is 15.0. The zero-order valence-electron chi connectivity index (χ0n) is 11.0. The van der Waals surface area contributed by atoms with Crippen molar-refractivity contribution < 1.29 is 21.6 Å². The summed E-state index contributed by atoms with van der Waals surface area (Å²) in [5.41, 5.74) is 0.179. The molecular formula is C10H15N3O5S2. The van der Waals surface area contributed by atoms with Crippen molar-refractivity contribution in [1.82, 2.24) is 4.98 Å². The van der Waals surface area contributed by atoms with Crippen molar-refractivity contribution in [3.63, 3.8) is 0 Å². The van der Waals surface area contributed by atoms with Gasteiger partial charge in [0.15, 0.2) is 0 Å². The first-order valence-corrected chi connectivity index (χ1v) is 9.53. The molecule has 0 spiro atoms. The lowest BCUT2D eigenvalue weighted by Crippen LogP contribution is -2.14. The predicted molar refractivity (Wildman–Crippen MR) is 74.8 cm³/mol. The minimum absolute atomic E-state index is 0.0311. The number of rotatable bonds is 6. The number of hydrogen-bond acceptors (Lipinski definition) is 6. The van der Waals surface area contributed by atoms with Gasteiger partial charge in [-0.05, 0) is 12.8 Å². The molecule has 112 valence electrons. The Labute approximate surface area is 117 Å². The lowest BCUT2D eigenvalue weighted by atomic mass is 10.4. The van der Waals surface area contributed by atoms with Gasteiger partial charge in [-0.15, -0.1) is 0 Å². The first-order valence-electron chi connectivity index (χ1n) is 5.75. The van der Waals surface area contributed by atoms with Crippen LogP contribution in [0.25, 0.3) is 0 Å². The molecule has 0 saturated heterocycles. The Morgan fingerprint density at radius 1 is 1.15 bits per heavy atom. The van der Waals surface area contributed by atoms with E-state index in [0.29, 0.717) is 0 Å². The van der Waals surface area contributed by atoms with Crippen molar-refractivity contribution in [3.8, 4) is 5.75 Å². The maximum absolute atomic E-state index is 11.3. The Bertz CT molecular complexity index is 710. The third kappa shape index (κ3) is 4.85. The van der Waals surface area contributed by atoms with Crippen molar-refractivity contribution in [2.75, 3.05) is 22.0 Å². The van der Waals surface area contributed by atoms with E-state index in [-0.39, 0.29) is 23.4 Å². The van der Waals surface area contributed by atoms with Crippen molar-refractivity contribution in [2.45, 2.75) is 18.9 Å². The molecule has 1 aromatic heterocycles. The molecule has 0 atom stereocenters. The number of anilines is 2. The molecule has 1 aliphatic carbocycles. The van der Waals surface area contributed by atoms with E-state index in [4.69, 9.17) is 4.74 Å². The third-order valence-corrected chi connectivity index (χ3v) is 3.44. The van der Waals surface area contributed by atoms with Crippen molar-refractivity contribution >= 4 is 31.6 Å². The molecule has 0 amide bonds. The molecule has 1 aromatic rings. The quantitative estimate of drug-likeness (QED) is 0.782. The van der Waals surface area contributed by atoms with Gasteiger partial charge in [0.2, 0.25) is 20.0 Å². The molecule has 8 nitrogen and oxygen atoms in total. The summed E-state index contributed by atoms with van der Waals surface area (Å²) in [4.78, 5) is 3.84. The fraction of sp³-hybridized carbons (Fsp3) is 0.500. The van der Waals surface area contributed by atoms with E-state index in [9.17, 15) is 16.8 Å². The molecular weight excluding hydrogens is 306 g/mol. The fourth-order valence-corrected chi connectivity index (χ4v) is 2.47. The van der Waals surface area contributed by atoms with E-state index in [1.54, 1.807) is 0 Å². The summed E-state index contributed by atoms with van der Waals surface area (Å²) < 4.78 is 54.9. The zero-order valence-corrected chi connectivity index (χ0v) is 12.6. The average Bonchev–Trinajstić information content (AvgIpc) is 3.01. The number of hydrogen-bond donors (Lipinski definition) is 2. The van der Waals surface area contributed by atoms with Crippen molar-refractivity contribution in [1.29, 1.82) is 0 Å². The van der Waals surface area contributed by atoms with E-state index in [0.717, 1.165) is 25.4 Å². The number of sulfonamides is 2. The second-order valence-electron chi connectivity index (χ2n) is 4.63. The molecule has 1 saturated carbocycles. The van der Waals surface area contributed by atoms with Crippen LogP contribution in [0.2, 0.25) is 0 Å². The van der Waals surface area contributed by atoms with Gasteiger partial charge in [0.1, 0.15) is 17.3 Å². The minimum Gasteiger partial charge on any atom is -0.488 e. The lowest BCUT2D eigenvalue weighted by molar-refractivity contribution is 0.305. The van der Waals surface area contributed by atoms with Crippen LogP contribution in [0.1, 0.15) is 12.8 Å². The largest absolute Gasteiger partial charge is 0.488 e. The smallest absolute Gasteiger partial charge is 0.230 e. The molecule has 1 heterocycles. The predicted octanol–water partition coefficient (Wildman–Crippen LogP) is 0.366. The van der Waals surface area contributed by atoms with Gasteiger partial charge in [-0.25, -0.2) is 21.8 Å². The highest BCUT2D eigenvalue weighted by Crippen LogP contribution is 2.33. The van der Waals surface area contributed by atoms with Crippen LogP contribution in [0.4, 0.5) is 11.5 Å². The second-order valence-corrected chi connectivity index (χ2v) is 8.13. The van der Waals surface area contributed by atoms with Gasteiger partial charge in [0.25, 0.3) is 0 Å². The minimum atomic E-state index is -3.47. The van der Waals surface area contributed by atoms with Crippen molar-refractivity contribution in [3.05, 3.63) is 12.3 Å².